The summed E-state index contributed by atoms with van der Waals surface area (Å²) in [5.41, 5.74) is -0.376. The van der Waals surface area contributed by atoms with Crippen LogP contribution in [0, 0.1) is 11.8 Å². The van der Waals surface area contributed by atoms with Crippen LogP contribution in [0.25, 0.3) is 0 Å². The number of amides is 1. The third kappa shape index (κ3) is 5.86. The van der Waals surface area contributed by atoms with Gasteiger partial charge in [-0.2, -0.15) is 13.2 Å². The molecule has 1 N–H and O–H groups in total. The summed E-state index contributed by atoms with van der Waals surface area (Å²) in [7, 11) is -3.25. The van der Waals surface area contributed by atoms with Gasteiger partial charge in [-0.1, -0.05) is 32.1 Å². The predicted octanol–water partition coefficient (Wildman–Crippen LogP) is 3.86. The molecule has 2 rings (SSSR count). The zero-order valence-electron chi connectivity index (χ0n) is 14.6. The van der Waals surface area contributed by atoms with E-state index in [4.69, 9.17) is 0 Å². The van der Waals surface area contributed by atoms with E-state index in [0.29, 0.717) is 12.0 Å². The van der Waals surface area contributed by atoms with Gasteiger partial charge in [-0.15, -0.1) is 0 Å². The summed E-state index contributed by atoms with van der Waals surface area (Å²) >= 11 is 0. The lowest BCUT2D eigenvalue weighted by Crippen LogP contribution is -2.31. The zero-order chi connectivity index (χ0) is 19.5. The van der Waals surface area contributed by atoms with E-state index in [1.807, 2.05) is 13.8 Å². The van der Waals surface area contributed by atoms with Crippen LogP contribution in [0.2, 0.25) is 0 Å². The quantitative estimate of drug-likeness (QED) is 0.804. The third-order valence-electron chi connectivity index (χ3n) is 4.11. The van der Waals surface area contributed by atoms with Gasteiger partial charge in [0.05, 0.1) is 17.4 Å². The molecule has 0 aliphatic carbocycles. The normalized spacial score (nSPS) is 20.3. The molecule has 0 bridgehead atoms. The number of carbonyl (C=O) groups excluding carboxylic acids is 1. The monoisotopic (exact) mass is 389 g/mol. The highest BCUT2D eigenvalue weighted by Gasteiger charge is 2.31. The lowest BCUT2D eigenvalue weighted by atomic mass is 9.95. The standard InChI is InChI=1S/C18H22F3NO3S/c1-12(2)8-16(14-4-3-5-15(10-14)18(19,20)21)22-17(23)9-13-6-7-26(24,25)11-13/h3-7,10,12-13,16H,8-9,11H2,1-2H3,(H,22,23). The summed E-state index contributed by atoms with van der Waals surface area (Å²) in [6, 6.07) is 4.36. The van der Waals surface area contributed by atoms with Crippen LogP contribution < -0.4 is 5.32 Å². The van der Waals surface area contributed by atoms with Gasteiger partial charge in [0, 0.05) is 17.7 Å². The van der Waals surface area contributed by atoms with Gasteiger partial charge in [-0.3, -0.25) is 4.79 Å². The van der Waals surface area contributed by atoms with Crippen molar-refractivity contribution in [3.05, 3.63) is 46.9 Å². The first kappa shape index (κ1) is 20.5. The van der Waals surface area contributed by atoms with Gasteiger partial charge >= 0.3 is 6.18 Å². The molecule has 2 atom stereocenters. The van der Waals surface area contributed by atoms with Crippen LogP contribution in [0.5, 0.6) is 0 Å². The molecule has 8 heteroatoms. The van der Waals surface area contributed by atoms with Gasteiger partial charge in [-0.05, 0) is 30.0 Å². The molecule has 0 saturated carbocycles. The lowest BCUT2D eigenvalue weighted by Gasteiger charge is -2.22. The third-order valence-corrected chi connectivity index (χ3v) is 5.58. The van der Waals surface area contributed by atoms with Crippen LogP contribution in [0.1, 0.15) is 43.9 Å². The number of rotatable bonds is 6. The first-order chi connectivity index (χ1) is 12.0. The van der Waals surface area contributed by atoms with Crippen LogP contribution in [-0.2, 0) is 20.8 Å². The topological polar surface area (TPSA) is 63.2 Å². The first-order valence-corrected chi connectivity index (χ1v) is 10.1. The maximum atomic E-state index is 12.9. The van der Waals surface area contributed by atoms with E-state index in [-0.39, 0.29) is 24.0 Å². The number of hydrogen-bond acceptors (Lipinski definition) is 3. The Kier molecular flexibility index (Phi) is 6.16. The number of carbonyl (C=O) groups is 1. The Hall–Kier alpha value is -1.83. The highest BCUT2D eigenvalue weighted by Crippen LogP contribution is 2.32. The van der Waals surface area contributed by atoms with Crippen LogP contribution >= 0.6 is 0 Å². The molecule has 144 valence electrons. The Morgan fingerprint density at radius 2 is 2.00 bits per heavy atom. The van der Waals surface area contributed by atoms with Crippen molar-refractivity contribution in [1.82, 2.24) is 5.32 Å². The SMILES string of the molecule is CC(C)CC(NC(=O)CC1C=CS(=O)(=O)C1)c1cccc(C(F)(F)F)c1. The number of halogens is 3. The van der Waals surface area contributed by atoms with Crippen LogP contribution in [-0.4, -0.2) is 20.1 Å². The van der Waals surface area contributed by atoms with Crippen molar-refractivity contribution in [3.8, 4) is 0 Å². The van der Waals surface area contributed by atoms with Crippen LogP contribution in [0.15, 0.2) is 35.7 Å². The molecule has 1 heterocycles. The van der Waals surface area contributed by atoms with Crippen molar-refractivity contribution in [2.45, 2.75) is 38.9 Å². The van der Waals surface area contributed by atoms with E-state index in [1.54, 1.807) is 6.07 Å². The fourth-order valence-electron chi connectivity index (χ4n) is 2.94. The summed E-state index contributed by atoms with van der Waals surface area (Å²) in [6.07, 6.45) is -2.50. The van der Waals surface area contributed by atoms with Gasteiger partial charge in [0.15, 0.2) is 9.84 Å². The summed E-state index contributed by atoms with van der Waals surface area (Å²) < 4.78 is 61.7. The predicted molar refractivity (Wildman–Crippen MR) is 92.8 cm³/mol. The summed E-state index contributed by atoms with van der Waals surface area (Å²) in [6.45, 7) is 3.83. The fraction of sp³-hybridized carbons (Fsp3) is 0.500. The van der Waals surface area contributed by atoms with Crippen LogP contribution in [0.3, 0.4) is 0 Å². The maximum Gasteiger partial charge on any atom is 0.416 e. The van der Waals surface area contributed by atoms with E-state index >= 15 is 0 Å². The minimum absolute atomic E-state index is 0.0106. The van der Waals surface area contributed by atoms with Gasteiger partial charge in [0.2, 0.25) is 5.91 Å². The van der Waals surface area contributed by atoms with Crippen molar-refractivity contribution in [3.63, 3.8) is 0 Å². The minimum Gasteiger partial charge on any atom is -0.349 e. The molecule has 1 aromatic rings. The van der Waals surface area contributed by atoms with Gasteiger partial charge < -0.3 is 5.32 Å². The molecule has 1 amide bonds. The molecule has 0 radical (unpaired) electrons. The number of sulfone groups is 1. The second-order valence-electron chi connectivity index (χ2n) is 7.00. The molecule has 2 unspecified atom stereocenters. The number of allylic oxidation sites excluding steroid dienone is 1. The highest BCUT2D eigenvalue weighted by molar-refractivity contribution is 7.94. The summed E-state index contributed by atoms with van der Waals surface area (Å²) in [5.74, 6) is -0.735. The van der Waals surface area contributed by atoms with Gasteiger partial charge in [-0.25, -0.2) is 8.42 Å². The molecule has 1 aliphatic heterocycles. The first-order valence-electron chi connectivity index (χ1n) is 8.34. The van der Waals surface area contributed by atoms with E-state index in [1.165, 1.54) is 12.1 Å². The second kappa shape index (κ2) is 7.82. The minimum atomic E-state index is -4.45. The smallest absolute Gasteiger partial charge is 0.349 e. The van der Waals surface area contributed by atoms with E-state index < -0.39 is 33.5 Å². The highest BCUT2D eigenvalue weighted by atomic mass is 32.2. The number of nitrogens with one attached hydrogen (secondary N) is 1. The largest absolute Gasteiger partial charge is 0.416 e. The van der Waals surface area contributed by atoms with Crippen molar-refractivity contribution < 1.29 is 26.4 Å². The van der Waals surface area contributed by atoms with Crippen molar-refractivity contribution >= 4 is 15.7 Å². The average Bonchev–Trinajstić information content (AvgIpc) is 2.84. The van der Waals surface area contributed by atoms with Crippen molar-refractivity contribution in [2.75, 3.05) is 5.75 Å². The Balaban J connectivity index is 2.12. The average molecular weight is 389 g/mol. The molecule has 0 fully saturated rings. The summed E-state index contributed by atoms with van der Waals surface area (Å²) in [5, 5.41) is 3.86. The number of hydrogen-bond donors (Lipinski definition) is 1. The van der Waals surface area contributed by atoms with E-state index in [0.717, 1.165) is 17.5 Å². The fourth-order valence-corrected chi connectivity index (χ4v) is 4.34. The molecular formula is C18H22F3NO3S. The van der Waals surface area contributed by atoms with Gasteiger partial charge in [0.25, 0.3) is 0 Å². The Morgan fingerprint density at radius 3 is 2.54 bits per heavy atom. The molecular weight excluding hydrogens is 367 g/mol. The summed E-state index contributed by atoms with van der Waals surface area (Å²) in [4.78, 5) is 12.3. The molecule has 0 aromatic heterocycles. The lowest BCUT2D eigenvalue weighted by molar-refractivity contribution is -0.137. The molecule has 0 spiro atoms. The number of alkyl halides is 3. The zero-order valence-corrected chi connectivity index (χ0v) is 15.4. The van der Waals surface area contributed by atoms with Crippen LogP contribution in [0.4, 0.5) is 13.2 Å². The molecule has 0 saturated heterocycles. The van der Waals surface area contributed by atoms with Crippen molar-refractivity contribution in [2.24, 2.45) is 11.8 Å². The number of benzene rings is 1. The Bertz CT molecular complexity index is 785. The molecule has 1 aromatic carbocycles. The van der Waals surface area contributed by atoms with Crippen molar-refractivity contribution in [1.29, 1.82) is 0 Å². The second-order valence-corrected chi connectivity index (χ2v) is 8.93. The van der Waals surface area contributed by atoms with E-state index in [9.17, 15) is 26.4 Å². The molecule has 1 aliphatic rings. The Morgan fingerprint density at radius 1 is 1.31 bits per heavy atom. The van der Waals surface area contributed by atoms with Gasteiger partial charge in [0.1, 0.15) is 0 Å². The van der Waals surface area contributed by atoms with E-state index in [2.05, 4.69) is 5.32 Å². The Labute approximate surface area is 151 Å². The molecule has 4 nitrogen and oxygen atoms in total. The maximum absolute atomic E-state index is 12.9. The molecule has 26 heavy (non-hydrogen) atoms.